The molecule has 1 aromatic rings. The molecule has 0 aliphatic heterocycles. The largest absolute Gasteiger partial charge is 0.337 e. The molecular weight excluding hydrogens is 254 g/mol. The van der Waals surface area contributed by atoms with Gasteiger partial charge in [-0.3, -0.25) is 4.79 Å². The van der Waals surface area contributed by atoms with Crippen molar-refractivity contribution in [3.05, 3.63) is 30.3 Å². The van der Waals surface area contributed by atoms with E-state index >= 15 is 0 Å². The smallest absolute Gasteiger partial charge is 0.233 e. The maximum Gasteiger partial charge on any atom is 0.233 e. The zero-order chi connectivity index (χ0) is 13.7. The van der Waals surface area contributed by atoms with Gasteiger partial charge >= 0.3 is 0 Å². The van der Waals surface area contributed by atoms with Crippen molar-refractivity contribution in [2.75, 3.05) is 5.75 Å². The van der Waals surface area contributed by atoms with Crippen molar-refractivity contribution in [1.29, 1.82) is 0 Å². The van der Waals surface area contributed by atoms with Gasteiger partial charge in [0.05, 0.1) is 5.75 Å². The maximum absolute atomic E-state index is 12.5. The molecule has 0 unspecified atom stereocenters. The van der Waals surface area contributed by atoms with Crippen molar-refractivity contribution >= 4 is 17.7 Å². The fraction of sp³-hybridized carbons (Fsp3) is 0.562. The molecule has 0 atom stereocenters. The van der Waals surface area contributed by atoms with E-state index in [2.05, 4.69) is 30.9 Å². The average Bonchev–Trinajstić information content (AvgIpc) is 2.91. The van der Waals surface area contributed by atoms with E-state index in [1.54, 1.807) is 11.8 Å². The molecule has 1 aromatic carbocycles. The summed E-state index contributed by atoms with van der Waals surface area (Å²) in [5, 5.41) is 0. The summed E-state index contributed by atoms with van der Waals surface area (Å²) < 4.78 is 0. The molecule has 19 heavy (non-hydrogen) atoms. The summed E-state index contributed by atoms with van der Waals surface area (Å²) in [4.78, 5) is 15.7. The molecule has 1 amide bonds. The molecule has 2 nitrogen and oxygen atoms in total. The van der Waals surface area contributed by atoms with E-state index in [0.29, 0.717) is 17.8 Å². The predicted octanol–water partition coefficient (Wildman–Crippen LogP) is 3.96. The Kier molecular flexibility index (Phi) is 5.32. The standard InChI is InChI=1S/C16H23NOS/c1-13(2)17(14-8-6-7-9-14)16(18)12-19-15-10-4-3-5-11-15/h3-5,10-11,13-14H,6-9,12H2,1-2H3. The van der Waals surface area contributed by atoms with Crippen LogP contribution in [0.1, 0.15) is 39.5 Å². The zero-order valence-electron chi connectivity index (χ0n) is 11.8. The predicted molar refractivity (Wildman–Crippen MR) is 81.4 cm³/mol. The Balaban J connectivity index is 1.92. The second-order valence-electron chi connectivity index (χ2n) is 5.43. The number of hydrogen-bond donors (Lipinski definition) is 0. The lowest BCUT2D eigenvalue weighted by Crippen LogP contribution is -2.44. The average molecular weight is 277 g/mol. The van der Waals surface area contributed by atoms with E-state index in [1.807, 2.05) is 18.2 Å². The normalized spacial score (nSPS) is 15.9. The molecule has 0 bridgehead atoms. The summed E-state index contributed by atoms with van der Waals surface area (Å²) in [5.74, 6) is 0.842. The minimum atomic E-state index is 0.288. The molecule has 0 aromatic heterocycles. The minimum Gasteiger partial charge on any atom is -0.337 e. The maximum atomic E-state index is 12.5. The summed E-state index contributed by atoms with van der Waals surface area (Å²) in [6.45, 7) is 4.26. The van der Waals surface area contributed by atoms with Crippen LogP contribution in [0.15, 0.2) is 35.2 Å². The summed E-state index contributed by atoms with van der Waals surface area (Å²) in [7, 11) is 0. The number of benzene rings is 1. The topological polar surface area (TPSA) is 20.3 Å². The van der Waals surface area contributed by atoms with E-state index in [0.717, 1.165) is 0 Å². The lowest BCUT2D eigenvalue weighted by atomic mass is 10.1. The quantitative estimate of drug-likeness (QED) is 0.759. The van der Waals surface area contributed by atoms with Gasteiger partial charge in [-0.05, 0) is 38.8 Å². The van der Waals surface area contributed by atoms with Crippen LogP contribution in [0.2, 0.25) is 0 Å². The molecule has 0 heterocycles. The number of carbonyl (C=O) groups excluding carboxylic acids is 1. The molecule has 0 spiro atoms. The van der Waals surface area contributed by atoms with Gasteiger partial charge in [-0.2, -0.15) is 0 Å². The van der Waals surface area contributed by atoms with Crippen molar-refractivity contribution in [2.45, 2.75) is 56.5 Å². The van der Waals surface area contributed by atoms with Crippen molar-refractivity contribution in [3.8, 4) is 0 Å². The van der Waals surface area contributed by atoms with Crippen molar-refractivity contribution in [2.24, 2.45) is 0 Å². The third-order valence-electron chi connectivity index (χ3n) is 3.67. The molecule has 1 fully saturated rings. The first-order valence-electron chi connectivity index (χ1n) is 7.17. The monoisotopic (exact) mass is 277 g/mol. The molecule has 0 radical (unpaired) electrons. The van der Waals surface area contributed by atoms with Crippen LogP contribution in [-0.2, 0) is 4.79 Å². The number of carbonyl (C=O) groups is 1. The Morgan fingerprint density at radius 1 is 1.26 bits per heavy atom. The van der Waals surface area contributed by atoms with Crippen molar-refractivity contribution < 1.29 is 4.79 Å². The molecule has 2 rings (SSSR count). The third-order valence-corrected chi connectivity index (χ3v) is 4.66. The van der Waals surface area contributed by atoms with Crippen LogP contribution < -0.4 is 0 Å². The number of amides is 1. The molecule has 0 N–H and O–H groups in total. The first kappa shape index (κ1) is 14.4. The first-order chi connectivity index (χ1) is 9.18. The molecule has 3 heteroatoms. The lowest BCUT2D eigenvalue weighted by molar-refractivity contribution is -0.132. The van der Waals surface area contributed by atoms with Gasteiger partial charge in [-0.1, -0.05) is 31.0 Å². The van der Waals surface area contributed by atoms with Crippen LogP contribution in [-0.4, -0.2) is 28.6 Å². The van der Waals surface area contributed by atoms with E-state index in [-0.39, 0.29) is 5.91 Å². The Bertz CT molecular complexity index is 398. The third kappa shape index (κ3) is 4.00. The Labute approximate surface area is 120 Å². The van der Waals surface area contributed by atoms with Gasteiger partial charge in [0, 0.05) is 17.0 Å². The highest BCUT2D eigenvalue weighted by Gasteiger charge is 2.28. The number of thioether (sulfide) groups is 1. The first-order valence-corrected chi connectivity index (χ1v) is 8.16. The van der Waals surface area contributed by atoms with Gasteiger partial charge in [0.15, 0.2) is 0 Å². The van der Waals surface area contributed by atoms with Gasteiger partial charge in [-0.15, -0.1) is 11.8 Å². The summed E-state index contributed by atoms with van der Waals surface area (Å²) in [6, 6.07) is 11.0. The molecule has 1 aliphatic carbocycles. The van der Waals surface area contributed by atoms with Crippen LogP contribution in [0.25, 0.3) is 0 Å². The highest BCUT2D eigenvalue weighted by Crippen LogP contribution is 2.26. The molecule has 1 aliphatic rings. The Morgan fingerprint density at radius 2 is 1.89 bits per heavy atom. The van der Waals surface area contributed by atoms with Gasteiger partial charge in [-0.25, -0.2) is 0 Å². The van der Waals surface area contributed by atoms with Crippen LogP contribution in [0.4, 0.5) is 0 Å². The minimum absolute atomic E-state index is 0.288. The fourth-order valence-electron chi connectivity index (χ4n) is 2.83. The van der Waals surface area contributed by atoms with Gasteiger partial charge in [0.1, 0.15) is 0 Å². The number of hydrogen-bond acceptors (Lipinski definition) is 2. The highest BCUT2D eigenvalue weighted by molar-refractivity contribution is 8.00. The van der Waals surface area contributed by atoms with Gasteiger partial charge in [0.25, 0.3) is 0 Å². The molecule has 1 saturated carbocycles. The van der Waals surface area contributed by atoms with Gasteiger partial charge < -0.3 is 4.90 Å². The summed E-state index contributed by atoms with van der Waals surface area (Å²) >= 11 is 1.64. The second-order valence-corrected chi connectivity index (χ2v) is 6.48. The molecular formula is C16H23NOS. The van der Waals surface area contributed by atoms with E-state index in [1.165, 1.54) is 30.6 Å². The Morgan fingerprint density at radius 3 is 2.47 bits per heavy atom. The second kappa shape index (κ2) is 6.99. The van der Waals surface area contributed by atoms with Crippen LogP contribution in [0.3, 0.4) is 0 Å². The van der Waals surface area contributed by atoms with Crippen LogP contribution in [0.5, 0.6) is 0 Å². The SMILES string of the molecule is CC(C)N(C(=O)CSc1ccccc1)C1CCCC1. The number of nitrogens with zero attached hydrogens (tertiary/aromatic N) is 1. The zero-order valence-corrected chi connectivity index (χ0v) is 12.7. The van der Waals surface area contributed by atoms with E-state index < -0.39 is 0 Å². The fourth-order valence-corrected chi connectivity index (χ4v) is 3.62. The molecule has 0 saturated heterocycles. The lowest BCUT2D eigenvalue weighted by Gasteiger charge is -2.32. The van der Waals surface area contributed by atoms with E-state index in [9.17, 15) is 4.79 Å². The van der Waals surface area contributed by atoms with Crippen LogP contribution >= 0.6 is 11.8 Å². The Hall–Kier alpha value is -0.960. The highest BCUT2D eigenvalue weighted by atomic mass is 32.2. The summed E-state index contributed by atoms with van der Waals surface area (Å²) in [6.07, 6.45) is 4.90. The number of rotatable bonds is 5. The van der Waals surface area contributed by atoms with Crippen LogP contribution in [0, 0.1) is 0 Å². The van der Waals surface area contributed by atoms with E-state index in [4.69, 9.17) is 0 Å². The molecule has 104 valence electrons. The summed E-state index contributed by atoms with van der Waals surface area (Å²) in [5.41, 5.74) is 0. The van der Waals surface area contributed by atoms with Crippen molar-refractivity contribution in [3.63, 3.8) is 0 Å². The van der Waals surface area contributed by atoms with Crippen molar-refractivity contribution in [1.82, 2.24) is 4.90 Å². The van der Waals surface area contributed by atoms with Gasteiger partial charge in [0.2, 0.25) is 5.91 Å².